The fourth-order valence-electron chi connectivity index (χ4n) is 4.10. The quantitative estimate of drug-likeness (QED) is 0.216. The maximum Gasteiger partial charge on any atom is 0.251 e. The first-order valence-corrected chi connectivity index (χ1v) is 13.8. The van der Waals surface area contributed by atoms with E-state index in [1.54, 1.807) is 23.9 Å². The van der Waals surface area contributed by atoms with E-state index in [1.165, 1.54) is 19.3 Å². The van der Waals surface area contributed by atoms with E-state index < -0.39 is 0 Å². The van der Waals surface area contributed by atoms with Crippen molar-refractivity contribution in [2.24, 2.45) is 0 Å². The molecule has 3 heterocycles. The van der Waals surface area contributed by atoms with Crippen molar-refractivity contribution >= 4 is 34.5 Å². The largest absolute Gasteiger partial charge is 0.494 e. The van der Waals surface area contributed by atoms with Crippen LogP contribution in [-0.4, -0.2) is 57.6 Å². The Kier molecular flexibility index (Phi) is 9.22. The Morgan fingerprint density at radius 2 is 1.89 bits per heavy atom. The van der Waals surface area contributed by atoms with Crippen LogP contribution in [0.4, 0.5) is 5.82 Å². The van der Waals surface area contributed by atoms with Crippen LogP contribution in [0.5, 0.6) is 5.75 Å². The summed E-state index contributed by atoms with van der Waals surface area (Å²) in [5, 5.41) is 9.38. The Morgan fingerprint density at radius 3 is 2.63 bits per heavy atom. The molecule has 1 fully saturated rings. The van der Waals surface area contributed by atoms with Gasteiger partial charge in [0.25, 0.3) is 5.91 Å². The van der Waals surface area contributed by atoms with Crippen LogP contribution >= 0.6 is 11.8 Å². The van der Waals surface area contributed by atoms with Crippen LogP contribution in [0.15, 0.2) is 35.6 Å². The van der Waals surface area contributed by atoms with Crippen molar-refractivity contribution in [3.8, 4) is 5.75 Å². The van der Waals surface area contributed by atoms with E-state index in [4.69, 9.17) is 14.7 Å². The topological polar surface area (TPSA) is 85.2 Å². The normalized spacial score (nSPS) is 13.8. The number of nitrogens with zero attached hydrogens (tertiary/aromatic N) is 5. The molecule has 0 saturated carbocycles. The number of piperidine rings is 1. The second-order valence-electron chi connectivity index (χ2n) is 8.81. The van der Waals surface area contributed by atoms with Crippen molar-refractivity contribution in [3.05, 3.63) is 36.0 Å². The third-order valence-corrected chi connectivity index (χ3v) is 7.09. The molecule has 1 amide bonds. The number of ether oxygens (including phenoxy) is 1. The van der Waals surface area contributed by atoms with Gasteiger partial charge in [0.1, 0.15) is 11.6 Å². The number of amides is 1. The SMILES string of the molecule is CCCCOc1ccc(C(=O)NCCn2ncc3c(N4CCCCC4)nc(SCCC)nc32)cc1. The van der Waals surface area contributed by atoms with Gasteiger partial charge in [-0.3, -0.25) is 4.79 Å². The second kappa shape index (κ2) is 12.8. The third kappa shape index (κ3) is 6.66. The van der Waals surface area contributed by atoms with E-state index in [9.17, 15) is 4.79 Å². The van der Waals surface area contributed by atoms with Crippen molar-refractivity contribution in [1.29, 1.82) is 0 Å². The highest BCUT2D eigenvalue weighted by atomic mass is 32.2. The van der Waals surface area contributed by atoms with Crippen LogP contribution in [0.2, 0.25) is 0 Å². The van der Waals surface area contributed by atoms with Gasteiger partial charge in [-0.1, -0.05) is 32.0 Å². The summed E-state index contributed by atoms with van der Waals surface area (Å²) in [5.41, 5.74) is 1.45. The highest BCUT2D eigenvalue weighted by Gasteiger charge is 2.20. The third-order valence-electron chi connectivity index (χ3n) is 6.04. The molecule has 1 aliphatic rings. The Hall–Kier alpha value is -2.81. The fraction of sp³-hybridized carbons (Fsp3) is 0.538. The van der Waals surface area contributed by atoms with E-state index in [0.717, 1.165) is 65.9 Å². The number of hydrogen-bond acceptors (Lipinski definition) is 7. The van der Waals surface area contributed by atoms with Crippen LogP contribution in [0.25, 0.3) is 11.0 Å². The molecule has 0 bridgehead atoms. The van der Waals surface area contributed by atoms with Crippen molar-refractivity contribution in [1.82, 2.24) is 25.1 Å². The number of fused-ring (bicyclic) bond motifs is 1. The minimum atomic E-state index is -0.107. The molecule has 0 atom stereocenters. The lowest BCUT2D eigenvalue weighted by molar-refractivity contribution is 0.0952. The van der Waals surface area contributed by atoms with Gasteiger partial charge in [0.05, 0.1) is 24.7 Å². The molecular formula is C26H36N6O2S. The Morgan fingerprint density at radius 1 is 1.09 bits per heavy atom. The number of benzene rings is 1. The number of unbranched alkanes of at least 4 members (excludes halogenated alkanes) is 1. The second-order valence-corrected chi connectivity index (χ2v) is 9.88. The first-order valence-electron chi connectivity index (χ1n) is 12.8. The number of nitrogens with one attached hydrogen (secondary N) is 1. The molecule has 3 aromatic rings. The van der Waals surface area contributed by atoms with Crippen LogP contribution < -0.4 is 15.0 Å². The molecule has 4 rings (SSSR count). The van der Waals surface area contributed by atoms with Crippen molar-refractivity contribution in [2.45, 2.75) is 64.1 Å². The number of aromatic nitrogens is 4. The van der Waals surface area contributed by atoms with Gasteiger partial charge >= 0.3 is 0 Å². The molecule has 1 aromatic carbocycles. The summed E-state index contributed by atoms with van der Waals surface area (Å²) in [6.07, 6.45) is 8.71. The molecule has 1 aliphatic heterocycles. The average molecular weight is 497 g/mol. The highest BCUT2D eigenvalue weighted by Crippen LogP contribution is 2.29. The van der Waals surface area contributed by atoms with E-state index in [2.05, 4.69) is 29.2 Å². The molecule has 0 aliphatic carbocycles. The summed E-state index contributed by atoms with van der Waals surface area (Å²) in [6, 6.07) is 7.30. The van der Waals surface area contributed by atoms with E-state index >= 15 is 0 Å². The van der Waals surface area contributed by atoms with Gasteiger partial charge in [-0.05, 0) is 56.4 Å². The summed E-state index contributed by atoms with van der Waals surface area (Å²) in [5.74, 6) is 2.66. The Balaban J connectivity index is 1.42. The molecule has 35 heavy (non-hydrogen) atoms. The molecule has 0 radical (unpaired) electrons. The summed E-state index contributed by atoms with van der Waals surface area (Å²) in [6.45, 7) is 8.04. The molecule has 9 heteroatoms. The van der Waals surface area contributed by atoms with Gasteiger partial charge in [0, 0.05) is 31.0 Å². The predicted molar refractivity (Wildman–Crippen MR) is 142 cm³/mol. The summed E-state index contributed by atoms with van der Waals surface area (Å²) >= 11 is 1.69. The van der Waals surface area contributed by atoms with Crippen LogP contribution in [0.1, 0.15) is 62.7 Å². The average Bonchev–Trinajstić information content (AvgIpc) is 3.30. The van der Waals surface area contributed by atoms with Gasteiger partial charge in [0.2, 0.25) is 0 Å². The molecular weight excluding hydrogens is 460 g/mol. The fourth-order valence-corrected chi connectivity index (χ4v) is 4.79. The van der Waals surface area contributed by atoms with Crippen molar-refractivity contribution < 1.29 is 9.53 Å². The highest BCUT2D eigenvalue weighted by molar-refractivity contribution is 7.99. The van der Waals surface area contributed by atoms with Crippen LogP contribution in [0.3, 0.4) is 0 Å². The standard InChI is InChI=1S/C26H36N6O2S/c1-3-5-17-34-21-11-9-20(10-12-21)25(33)27-13-16-32-24-22(19-28-32)23(31-14-7-6-8-15-31)29-26(30-24)35-18-4-2/h9-12,19H,3-8,13-18H2,1-2H3,(H,27,33). The van der Waals surface area contributed by atoms with Crippen molar-refractivity contribution in [3.63, 3.8) is 0 Å². The van der Waals surface area contributed by atoms with Gasteiger partial charge in [-0.2, -0.15) is 5.10 Å². The van der Waals surface area contributed by atoms with Crippen molar-refractivity contribution in [2.75, 3.05) is 36.9 Å². The molecule has 188 valence electrons. The predicted octanol–water partition coefficient (Wildman–Crippen LogP) is 4.93. The first-order chi connectivity index (χ1) is 17.2. The van der Waals surface area contributed by atoms with E-state index in [-0.39, 0.29) is 5.91 Å². The lowest BCUT2D eigenvalue weighted by atomic mass is 10.1. The minimum absolute atomic E-state index is 0.107. The zero-order valence-corrected chi connectivity index (χ0v) is 21.6. The van der Waals surface area contributed by atoms with E-state index in [0.29, 0.717) is 25.3 Å². The number of carbonyl (C=O) groups is 1. The number of thioether (sulfide) groups is 1. The lowest BCUT2D eigenvalue weighted by Crippen LogP contribution is -2.30. The molecule has 8 nitrogen and oxygen atoms in total. The minimum Gasteiger partial charge on any atom is -0.494 e. The summed E-state index contributed by atoms with van der Waals surface area (Å²) < 4.78 is 7.56. The van der Waals surface area contributed by atoms with Crippen LogP contribution in [0, 0.1) is 0 Å². The zero-order chi connectivity index (χ0) is 24.5. The molecule has 2 aromatic heterocycles. The molecule has 1 saturated heterocycles. The number of anilines is 1. The maximum atomic E-state index is 12.6. The monoisotopic (exact) mass is 496 g/mol. The van der Waals surface area contributed by atoms with Crippen LogP contribution in [-0.2, 0) is 6.54 Å². The Bertz CT molecular complexity index is 1100. The molecule has 0 spiro atoms. The summed E-state index contributed by atoms with van der Waals surface area (Å²) in [4.78, 5) is 24.7. The number of carbonyl (C=O) groups excluding carboxylic acids is 1. The van der Waals surface area contributed by atoms with Gasteiger partial charge in [0.15, 0.2) is 10.8 Å². The van der Waals surface area contributed by atoms with E-state index in [1.807, 2.05) is 23.0 Å². The smallest absolute Gasteiger partial charge is 0.251 e. The summed E-state index contributed by atoms with van der Waals surface area (Å²) in [7, 11) is 0. The van der Waals surface area contributed by atoms with Gasteiger partial charge in [-0.25, -0.2) is 14.6 Å². The maximum absolute atomic E-state index is 12.6. The lowest BCUT2D eigenvalue weighted by Gasteiger charge is -2.28. The Labute approximate surface area is 211 Å². The number of rotatable bonds is 12. The molecule has 1 N–H and O–H groups in total. The first kappa shape index (κ1) is 25.3. The number of hydrogen-bond donors (Lipinski definition) is 1. The zero-order valence-electron chi connectivity index (χ0n) is 20.8. The van der Waals surface area contributed by atoms with Gasteiger partial charge < -0.3 is 15.0 Å². The molecule has 0 unspecified atom stereocenters. The van der Waals surface area contributed by atoms with Gasteiger partial charge in [-0.15, -0.1) is 0 Å².